The quantitative estimate of drug-likeness (QED) is 0.682. The molecule has 8 heteroatoms. The molecule has 1 aliphatic heterocycles. The number of benzene rings is 2. The molecule has 0 aliphatic carbocycles. The van der Waals surface area contributed by atoms with Gasteiger partial charge in [-0.25, -0.2) is 8.42 Å². The lowest BCUT2D eigenvalue weighted by Gasteiger charge is -2.15. The largest absolute Gasteiger partial charge is 0.354 e. The first-order valence-corrected chi connectivity index (χ1v) is 11.1. The fourth-order valence-electron chi connectivity index (χ4n) is 3.66. The van der Waals surface area contributed by atoms with Crippen molar-refractivity contribution in [1.29, 1.82) is 0 Å². The van der Waals surface area contributed by atoms with E-state index in [1.54, 1.807) is 36.7 Å². The van der Waals surface area contributed by atoms with Crippen LogP contribution in [0.2, 0.25) is 5.02 Å². The summed E-state index contributed by atoms with van der Waals surface area (Å²) in [6.45, 7) is 1.75. The number of aromatic nitrogens is 2. The Morgan fingerprint density at radius 1 is 1.21 bits per heavy atom. The molecule has 0 bridgehead atoms. The number of hydrogen-bond acceptors (Lipinski definition) is 6. The van der Waals surface area contributed by atoms with Crippen LogP contribution in [-0.2, 0) is 9.84 Å². The molecule has 0 spiro atoms. The fraction of sp³-hybridized carbons (Fsp3) is 0.300. The lowest BCUT2D eigenvalue weighted by molar-refractivity contribution is 0.401. The molecule has 2 aromatic carbocycles. The molecule has 28 heavy (non-hydrogen) atoms. The van der Waals surface area contributed by atoms with Gasteiger partial charge in [-0.2, -0.15) is 0 Å². The summed E-state index contributed by atoms with van der Waals surface area (Å²) in [7, 11) is -1.40. The van der Waals surface area contributed by atoms with Crippen molar-refractivity contribution >= 4 is 43.8 Å². The van der Waals surface area contributed by atoms with Gasteiger partial charge in [-0.3, -0.25) is 9.97 Å². The van der Waals surface area contributed by atoms with Crippen molar-refractivity contribution in [2.45, 2.75) is 11.3 Å². The fourth-order valence-corrected chi connectivity index (χ4v) is 5.74. The average molecular weight is 417 g/mol. The van der Waals surface area contributed by atoms with Crippen LogP contribution in [0.3, 0.4) is 0 Å². The van der Waals surface area contributed by atoms with Crippen LogP contribution in [0.4, 0.5) is 11.4 Å². The van der Waals surface area contributed by atoms with Gasteiger partial charge < -0.3 is 10.2 Å². The molecular formula is C20H21ClN4O2S. The predicted molar refractivity (Wildman–Crippen MR) is 112 cm³/mol. The highest BCUT2D eigenvalue weighted by atomic mass is 35.5. The molecule has 1 N–H and O–H groups in total. The SMILES string of the molecule is CN1CCC(CS(=O)(=O)c2ccccc2Nc2cc(Cl)c3nccnc3c2)C1. The smallest absolute Gasteiger partial charge is 0.180 e. The second-order valence-corrected chi connectivity index (χ2v) is 9.61. The summed E-state index contributed by atoms with van der Waals surface area (Å²) in [5, 5.41) is 3.66. The third-order valence-electron chi connectivity index (χ3n) is 4.97. The van der Waals surface area contributed by atoms with Gasteiger partial charge in [-0.05, 0) is 50.2 Å². The summed E-state index contributed by atoms with van der Waals surface area (Å²) >= 11 is 6.32. The van der Waals surface area contributed by atoms with E-state index in [0.29, 0.717) is 32.3 Å². The van der Waals surface area contributed by atoms with Gasteiger partial charge in [0.05, 0.1) is 26.9 Å². The predicted octanol–water partition coefficient (Wildman–Crippen LogP) is 3.75. The van der Waals surface area contributed by atoms with E-state index in [0.717, 1.165) is 19.5 Å². The molecule has 0 saturated carbocycles. The number of hydrogen-bond donors (Lipinski definition) is 1. The molecule has 2 heterocycles. The van der Waals surface area contributed by atoms with Crippen LogP contribution in [0, 0.1) is 5.92 Å². The zero-order valence-corrected chi connectivity index (χ0v) is 17.0. The number of rotatable bonds is 5. The Hall–Kier alpha value is -2.22. The lowest BCUT2D eigenvalue weighted by atomic mass is 10.2. The number of nitrogens with one attached hydrogen (secondary N) is 1. The van der Waals surface area contributed by atoms with Gasteiger partial charge >= 0.3 is 0 Å². The van der Waals surface area contributed by atoms with Crippen LogP contribution in [0.1, 0.15) is 6.42 Å². The molecule has 1 saturated heterocycles. The highest BCUT2D eigenvalue weighted by Crippen LogP contribution is 2.31. The number of anilines is 2. The van der Waals surface area contributed by atoms with Crippen LogP contribution in [0.25, 0.3) is 11.0 Å². The number of fused-ring (bicyclic) bond motifs is 1. The van der Waals surface area contributed by atoms with Crippen molar-refractivity contribution in [1.82, 2.24) is 14.9 Å². The van der Waals surface area contributed by atoms with E-state index >= 15 is 0 Å². The average Bonchev–Trinajstić information content (AvgIpc) is 3.06. The molecule has 1 unspecified atom stereocenters. The normalized spacial score (nSPS) is 17.9. The van der Waals surface area contributed by atoms with Gasteiger partial charge in [0.1, 0.15) is 5.52 Å². The van der Waals surface area contributed by atoms with Crippen molar-refractivity contribution in [3.63, 3.8) is 0 Å². The van der Waals surface area contributed by atoms with Gasteiger partial charge in [0.25, 0.3) is 0 Å². The minimum Gasteiger partial charge on any atom is -0.354 e. The minimum atomic E-state index is -3.42. The van der Waals surface area contributed by atoms with Gasteiger partial charge in [-0.1, -0.05) is 23.7 Å². The van der Waals surface area contributed by atoms with Crippen LogP contribution in [0.5, 0.6) is 0 Å². The summed E-state index contributed by atoms with van der Waals surface area (Å²) in [6, 6.07) is 10.5. The van der Waals surface area contributed by atoms with E-state index in [4.69, 9.17) is 11.6 Å². The van der Waals surface area contributed by atoms with Gasteiger partial charge in [0.15, 0.2) is 9.84 Å². The first-order chi connectivity index (χ1) is 13.4. The Bertz CT molecular complexity index is 1120. The van der Waals surface area contributed by atoms with Crippen molar-refractivity contribution < 1.29 is 8.42 Å². The number of nitrogens with zero attached hydrogens (tertiary/aromatic N) is 3. The molecule has 6 nitrogen and oxygen atoms in total. The summed E-state index contributed by atoms with van der Waals surface area (Å²) in [6.07, 6.45) is 4.09. The zero-order valence-electron chi connectivity index (χ0n) is 15.5. The Kier molecular flexibility index (Phi) is 5.23. The van der Waals surface area contributed by atoms with E-state index < -0.39 is 9.84 Å². The van der Waals surface area contributed by atoms with E-state index in [9.17, 15) is 8.42 Å². The number of sulfone groups is 1. The van der Waals surface area contributed by atoms with E-state index in [1.807, 2.05) is 19.2 Å². The van der Waals surface area contributed by atoms with Crippen LogP contribution < -0.4 is 5.32 Å². The maximum Gasteiger partial charge on any atom is 0.180 e. The van der Waals surface area contributed by atoms with E-state index in [2.05, 4.69) is 20.2 Å². The third kappa shape index (κ3) is 3.97. The van der Waals surface area contributed by atoms with Gasteiger partial charge in [0.2, 0.25) is 0 Å². The van der Waals surface area contributed by atoms with Gasteiger partial charge in [0, 0.05) is 24.6 Å². The Morgan fingerprint density at radius 2 is 2.00 bits per heavy atom. The Labute approximate surface area is 169 Å². The highest BCUT2D eigenvalue weighted by Gasteiger charge is 2.28. The van der Waals surface area contributed by atoms with Crippen LogP contribution >= 0.6 is 11.6 Å². The summed E-state index contributed by atoms with van der Waals surface area (Å²) in [5.41, 5.74) is 2.46. The first kappa shape index (κ1) is 19.1. The van der Waals surface area contributed by atoms with Crippen molar-refractivity contribution in [3.05, 3.63) is 53.8 Å². The van der Waals surface area contributed by atoms with Crippen molar-refractivity contribution in [2.75, 3.05) is 31.2 Å². The van der Waals surface area contributed by atoms with Crippen molar-refractivity contribution in [2.24, 2.45) is 5.92 Å². The van der Waals surface area contributed by atoms with Crippen LogP contribution in [0.15, 0.2) is 53.7 Å². The second-order valence-electron chi connectivity index (χ2n) is 7.20. The zero-order chi connectivity index (χ0) is 19.7. The summed E-state index contributed by atoms with van der Waals surface area (Å²) in [5.74, 6) is 0.313. The molecule has 3 aromatic rings. The molecular weight excluding hydrogens is 396 g/mol. The first-order valence-electron chi connectivity index (χ1n) is 9.10. The molecule has 1 fully saturated rings. The maximum atomic E-state index is 13.1. The van der Waals surface area contributed by atoms with Gasteiger partial charge in [-0.15, -0.1) is 0 Å². The summed E-state index contributed by atoms with van der Waals surface area (Å²) in [4.78, 5) is 11.0. The molecule has 146 valence electrons. The molecule has 0 amide bonds. The number of likely N-dealkylation sites (tertiary alicyclic amines) is 1. The number of halogens is 1. The van der Waals surface area contributed by atoms with Crippen molar-refractivity contribution in [3.8, 4) is 0 Å². The third-order valence-corrected chi connectivity index (χ3v) is 7.20. The van der Waals surface area contributed by atoms with Crippen LogP contribution in [-0.4, -0.2) is 49.2 Å². The topological polar surface area (TPSA) is 75.2 Å². The molecule has 4 rings (SSSR count). The second kappa shape index (κ2) is 7.66. The minimum absolute atomic E-state index is 0.153. The Balaban J connectivity index is 1.65. The molecule has 1 aliphatic rings. The molecule has 1 aromatic heterocycles. The monoisotopic (exact) mass is 416 g/mol. The Morgan fingerprint density at radius 3 is 2.79 bits per heavy atom. The maximum absolute atomic E-state index is 13.1. The lowest BCUT2D eigenvalue weighted by Crippen LogP contribution is -2.20. The summed E-state index contributed by atoms with van der Waals surface area (Å²) < 4.78 is 26.2. The standard InChI is InChI=1S/C20H21ClN4O2S/c1-25-9-6-14(12-25)13-28(26,27)19-5-3-2-4-17(19)24-15-10-16(21)20-18(11-15)22-7-8-23-20/h2-5,7-8,10-11,14,24H,6,9,12-13H2,1H3. The van der Waals surface area contributed by atoms with E-state index in [-0.39, 0.29) is 11.7 Å². The number of para-hydroxylation sites is 1. The van der Waals surface area contributed by atoms with E-state index in [1.165, 1.54) is 0 Å². The molecule has 0 radical (unpaired) electrons. The highest BCUT2D eigenvalue weighted by molar-refractivity contribution is 7.91. The molecule has 1 atom stereocenters.